The molecule has 3 heterocycles. The Kier molecular flexibility index (Phi) is 12.2. The number of hydrogen-bond acceptors (Lipinski definition) is 11. The molecule has 0 unspecified atom stereocenters. The summed E-state index contributed by atoms with van der Waals surface area (Å²) in [4.78, 5) is 53.1. The molecule has 0 radical (unpaired) electrons. The number of likely N-dealkylation sites (N-methyl/N-ethyl adjacent to an activating group) is 1. The van der Waals surface area contributed by atoms with Crippen molar-refractivity contribution in [2.45, 2.75) is 63.9 Å². The lowest BCUT2D eigenvalue weighted by atomic mass is 9.96. The van der Waals surface area contributed by atoms with Gasteiger partial charge >= 0.3 is 17.9 Å². The molecule has 1 aliphatic rings. The van der Waals surface area contributed by atoms with Crippen molar-refractivity contribution in [3.8, 4) is 17.1 Å². The minimum atomic E-state index is -3.71. The van der Waals surface area contributed by atoms with Crippen LogP contribution in [0.15, 0.2) is 27.9 Å². The van der Waals surface area contributed by atoms with Gasteiger partial charge < -0.3 is 35.0 Å². The van der Waals surface area contributed by atoms with Crippen LogP contribution in [-0.2, 0) is 30.8 Å². The quantitative estimate of drug-likeness (QED) is 0.168. The van der Waals surface area contributed by atoms with E-state index >= 15 is 0 Å². The summed E-state index contributed by atoms with van der Waals surface area (Å²) in [5.74, 6) is -3.63. The number of piperazine rings is 1. The van der Waals surface area contributed by atoms with Crippen LogP contribution < -0.4 is 10.3 Å². The van der Waals surface area contributed by atoms with Crippen molar-refractivity contribution >= 4 is 33.4 Å². The van der Waals surface area contributed by atoms with Crippen LogP contribution in [0.3, 0.4) is 0 Å². The van der Waals surface area contributed by atoms with Crippen molar-refractivity contribution in [2.24, 2.45) is 0 Å². The Balaban J connectivity index is 0.000000392. The first-order valence-corrected chi connectivity index (χ1v) is 16.4. The molecule has 4 rings (SSSR count). The van der Waals surface area contributed by atoms with Crippen molar-refractivity contribution in [3.63, 3.8) is 0 Å². The normalized spacial score (nSPS) is 14.4. The average Bonchev–Trinajstić information content (AvgIpc) is 3.32. The second-order valence-electron chi connectivity index (χ2n) is 10.8. The van der Waals surface area contributed by atoms with Gasteiger partial charge in [0.15, 0.2) is 16.9 Å². The summed E-state index contributed by atoms with van der Waals surface area (Å²) in [5.41, 5.74) is -1.65. The number of H-pyrrole nitrogens is 1. The fraction of sp³-hybridized carbons (Fsp3) is 0.517. The van der Waals surface area contributed by atoms with Crippen LogP contribution in [0.1, 0.15) is 51.6 Å². The molecular weight excluding hydrogens is 640 g/mol. The first kappa shape index (κ1) is 37.1. The highest BCUT2D eigenvalue weighted by atomic mass is 32.2. The van der Waals surface area contributed by atoms with E-state index in [1.165, 1.54) is 4.31 Å². The summed E-state index contributed by atoms with van der Waals surface area (Å²) < 4.78 is 35.7. The van der Waals surface area contributed by atoms with Gasteiger partial charge in [-0.2, -0.15) is 4.31 Å². The summed E-state index contributed by atoms with van der Waals surface area (Å²) in [6, 6.07) is 4.72. The number of hydrogen-bond donors (Lipinski definition) is 5. The molecule has 47 heavy (non-hydrogen) atoms. The zero-order valence-electron chi connectivity index (χ0n) is 26.6. The molecule has 5 N–H and O–H groups in total. The van der Waals surface area contributed by atoms with Gasteiger partial charge in [-0.3, -0.25) is 14.4 Å². The van der Waals surface area contributed by atoms with Gasteiger partial charge in [-0.15, -0.1) is 5.10 Å². The number of imidazole rings is 1. The first-order valence-electron chi connectivity index (χ1n) is 15.0. The number of carbonyl (C=O) groups is 3. The van der Waals surface area contributed by atoms with Crippen molar-refractivity contribution in [3.05, 3.63) is 40.1 Å². The fourth-order valence-electron chi connectivity index (χ4n) is 5.03. The summed E-state index contributed by atoms with van der Waals surface area (Å²) in [6.07, 6.45) is -0.768. The van der Waals surface area contributed by atoms with Crippen LogP contribution in [0.5, 0.6) is 5.75 Å². The van der Waals surface area contributed by atoms with Gasteiger partial charge in [-0.1, -0.05) is 13.8 Å². The summed E-state index contributed by atoms with van der Waals surface area (Å²) in [5, 5.41) is 38.5. The number of nitrogens with one attached hydrogen (secondary N) is 1. The number of sulfonamides is 1. The highest BCUT2D eigenvalue weighted by molar-refractivity contribution is 7.89. The molecule has 3 aromatic rings. The van der Waals surface area contributed by atoms with Crippen molar-refractivity contribution in [1.82, 2.24) is 28.8 Å². The van der Waals surface area contributed by atoms with E-state index in [-0.39, 0.29) is 16.3 Å². The number of benzene rings is 1. The second kappa shape index (κ2) is 15.5. The number of nitrogens with zero attached hydrogens (tertiary/aromatic N) is 5. The Labute approximate surface area is 270 Å². The van der Waals surface area contributed by atoms with Gasteiger partial charge in [-0.05, 0) is 45.0 Å². The lowest BCUT2D eigenvalue weighted by Crippen LogP contribution is -2.48. The topological polar surface area (TPSA) is 245 Å². The monoisotopic (exact) mass is 680 g/mol. The van der Waals surface area contributed by atoms with Gasteiger partial charge in [0, 0.05) is 32.6 Å². The van der Waals surface area contributed by atoms with Crippen molar-refractivity contribution in [1.29, 1.82) is 0 Å². The molecule has 1 saturated heterocycles. The zero-order valence-corrected chi connectivity index (χ0v) is 27.4. The predicted octanol–water partition coefficient (Wildman–Crippen LogP) is 0.822. The number of ether oxygens (including phenoxy) is 1. The molecule has 17 nitrogen and oxygen atoms in total. The molecule has 0 saturated carbocycles. The highest BCUT2D eigenvalue weighted by Crippen LogP contribution is 2.31. The lowest BCUT2D eigenvalue weighted by molar-refractivity contribution is -0.170. The molecular formula is C29H40N6O11S. The SMILES string of the molecule is CCCc1nc(C)c2c(=O)[nH]c(-c3cc(S(=O)(=O)N4CCN(CC)CC4)ccc3OCC)nn12.O=C(O)CC(O)(CC(=O)O)C(=O)O. The minimum absolute atomic E-state index is 0.147. The van der Waals surface area contributed by atoms with E-state index in [0.717, 1.165) is 13.0 Å². The van der Waals surface area contributed by atoms with Crippen LogP contribution in [-0.4, -0.2) is 120 Å². The Hall–Kier alpha value is -4.39. The molecule has 0 aliphatic carbocycles. The zero-order chi connectivity index (χ0) is 35.1. The summed E-state index contributed by atoms with van der Waals surface area (Å²) in [6.45, 7) is 11.3. The molecule has 18 heteroatoms. The van der Waals surface area contributed by atoms with Crippen LogP contribution >= 0.6 is 0 Å². The largest absolute Gasteiger partial charge is 0.493 e. The Morgan fingerprint density at radius 1 is 1.02 bits per heavy atom. The highest BCUT2D eigenvalue weighted by Gasteiger charge is 2.40. The minimum Gasteiger partial charge on any atom is -0.493 e. The lowest BCUT2D eigenvalue weighted by Gasteiger charge is -2.33. The number of aliphatic carboxylic acids is 3. The number of carboxylic acids is 3. The van der Waals surface area contributed by atoms with Gasteiger partial charge in [0.2, 0.25) is 10.0 Å². The predicted molar refractivity (Wildman–Crippen MR) is 167 cm³/mol. The van der Waals surface area contributed by atoms with Gasteiger partial charge in [0.05, 0.1) is 35.6 Å². The molecule has 1 aromatic carbocycles. The number of carboxylic acid groups (broad SMARTS) is 3. The van der Waals surface area contributed by atoms with Crippen LogP contribution in [0.2, 0.25) is 0 Å². The Bertz CT molecular complexity index is 1760. The van der Waals surface area contributed by atoms with Gasteiger partial charge in [0.1, 0.15) is 11.6 Å². The number of rotatable bonds is 13. The van der Waals surface area contributed by atoms with E-state index in [1.54, 1.807) is 29.6 Å². The third-order valence-electron chi connectivity index (χ3n) is 7.42. The molecule has 0 atom stereocenters. The average molecular weight is 681 g/mol. The van der Waals surface area contributed by atoms with Crippen LogP contribution in [0, 0.1) is 6.92 Å². The summed E-state index contributed by atoms with van der Waals surface area (Å²) in [7, 11) is -3.71. The molecule has 1 fully saturated rings. The number of aryl methyl sites for hydroxylation is 2. The fourth-order valence-corrected chi connectivity index (χ4v) is 6.48. The van der Waals surface area contributed by atoms with Gasteiger partial charge in [-0.25, -0.2) is 22.7 Å². The van der Waals surface area contributed by atoms with Crippen molar-refractivity contribution < 1.29 is 48.0 Å². The number of aromatic nitrogens is 4. The van der Waals surface area contributed by atoms with E-state index in [9.17, 15) is 27.6 Å². The standard InChI is InChI=1S/C23H32N6O4S.C6H8O7/c1-5-8-20-24-16(4)21-23(30)25-22(26-29(20)21)18-15-17(9-10-19(18)33-7-3)34(31,32)28-13-11-27(6-2)12-14-28;7-3(8)1-6(13,5(11)12)2-4(9)10/h9-10,15H,5-8,11-14H2,1-4H3,(H,25,26,30);13H,1-2H2,(H,7,8)(H,9,10)(H,11,12). The molecule has 2 aromatic heterocycles. The van der Waals surface area contributed by atoms with Crippen LogP contribution in [0.25, 0.3) is 16.9 Å². The van der Waals surface area contributed by atoms with E-state index in [1.807, 2.05) is 13.8 Å². The molecule has 0 amide bonds. The van der Waals surface area contributed by atoms with E-state index < -0.39 is 46.4 Å². The number of aromatic amines is 1. The van der Waals surface area contributed by atoms with E-state index in [0.29, 0.717) is 67.6 Å². The maximum Gasteiger partial charge on any atom is 0.336 e. The smallest absolute Gasteiger partial charge is 0.336 e. The maximum absolute atomic E-state index is 13.4. The molecule has 0 spiro atoms. The third kappa shape index (κ3) is 8.70. The molecule has 258 valence electrons. The van der Waals surface area contributed by atoms with E-state index in [2.05, 4.69) is 26.9 Å². The number of aliphatic hydroxyl groups is 1. The second-order valence-corrected chi connectivity index (χ2v) is 12.8. The maximum atomic E-state index is 13.4. The molecule has 0 bridgehead atoms. The Morgan fingerprint density at radius 2 is 1.64 bits per heavy atom. The Morgan fingerprint density at radius 3 is 2.15 bits per heavy atom. The number of fused-ring (bicyclic) bond motifs is 1. The third-order valence-corrected chi connectivity index (χ3v) is 9.32. The van der Waals surface area contributed by atoms with Crippen molar-refractivity contribution in [2.75, 3.05) is 39.3 Å². The van der Waals surface area contributed by atoms with Crippen LogP contribution in [0.4, 0.5) is 0 Å². The van der Waals surface area contributed by atoms with E-state index in [4.69, 9.17) is 25.2 Å². The van der Waals surface area contributed by atoms with Gasteiger partial charge in [0.25, 0.3) is 5.56 Å². The summed E-state index contributed by atoms with van der Waals surface area (Å²) >= 11 is 0. The molecule has 1 aliphatic heterocycles. The first-order chi connectivity index (χ1) is 22.1.